The average molecular weight is 237 g/mol. The fourth-order valence-corrected chi connectivity index (χ4v) is 2.75. The van der Waals surface area contributed by atoms with Gasteiger partial charge in [-0.25, -0.2) is 0 Å². The lowest BCUT2D eigenvalue weighted by Crippen LogP contribution is -2.32. The van der Waals surface area contributed by atoms with Crippen molar-refractivity contribution in [3.05, 3.63) is 0 Å². The van der Waals surface area contributed by atoms with Gasteiger partial charge in [0.1, 0.15) is 6.54 Å². The molecule has 1 saturated carbocycles. The molecule has 1 saturated heterocycles. The molecule has 17 heavy (non-hydrogen) atoms. The number of hydrogen-bond donors (Lipinski definition) is 1. The second-order valence-corrected chi connectivity index (χ2v) is 5.16. The summed E-state index contributed by atoms with van der Waals surface area (Å²) in [5.74, 6) is 1.27. The largest absolute Gasteiger partial charge is 0.387 e. The smallest absolute Gasteiger partial charge is 0.244 e. The van der Waals surface area contributed by atoms with Gasteiger partial charge < -0.3 is 10.6 Å². The highest BCUT2D eigenvalue weighted by molar-refractivity contribution is 5.86. The summed E-state index contributed by atoms with van der Waals surface area (Å²) in [4.78, 5) is 18.0. The quantitative estimate of drug-likeness (QED) is 0.598. The van der Waals surface area contributed by atoms with E-state index in [0.29, 0.717) is 11.8 Å². The predicted octanol–water partition coefficient (Wildman–Crippen LogP) is 1.55. The third kappa shape index (κ3) is 3.45. The summed E-state index contributed by atoms with van der Waals surface area (Å²) in [6, 6.07) is 0. The Labute approximate surface area is 103 Å². The van der Waals surface area contributed by atoms with E-state index >= 15 is 0 Å². The molecule has 0 aromatic rings. The van der Waals surface area contributed by atoms with Gasteiger partial charge in [-0.2, -0.15) is 0 Å². The van der Waals surface area contributed by atoms with E-state index in [1.165, 1.54) is 19.3 Å². The highest BCUT2D eigenvalue weighted by Gasteiger charge is 2.19. The molecule has 4 heteroatoms. The molecule has 0 aromatic heterocycles. The molecule has 1 aliphatic carbocycles. The molecule has 96 valence electrons. The van der Waals surface area contributed by atoms with Gasteiger partial charge in [-0.3, -0.25) is 9.79 Å². The zero-order chi connectivity index (χ0) is 12.1. The van der Waals surface area contributed by atoms with E-state index in [9.17, 15) is 4.79 Å². The van der Waals surface area contributed by atoms with Gasteiger partial charge in [-0.15, -0.1) is 0 Å². The molecular formula is C13H23N3O. The Kier molecular flexibility index (Phi) is 4.40. The van der Waals surface area contributed by atoms with Crippen LogP contribution in [0.3, 0.4) is 0 Å². The number of nitrogens with zero attached hydrogens (tertiary/aromatic N) is 2. The lowest BCUT2D eigenvalue weighted by molar-refractivity contribution is -0.128. The van der Waals surface area contributed by atoms with Crippen molar-refractivity contribution < 1.29 is 4.79 Å². The molecule has 0 aromatic carbocycles. The van der Waals surface area contributed by atoms with Gasteiger partial charge in [-0.1, -0.05) is 19.3 Å². The minimum Gasteiger partial charge on any atom is -0.387 e. The first-order valence-corrected chi connectivity index (χ1v) is 6.85. The second-order valence-electron chi connectivity index (χ2n) is 5.16. The first-order chi connectivity index (χ1) is 8.27. The van der Waals surface area contributed by atoms with Crippen LogP contribution >= 0.6 is 0 Å². The summed E-state index contributed by atoms with van der Waals surface area (Å²) in [7, 11) is 0. The molecule has 2 N–H and O–H groups in total. The minimum atomic E-state index is 0.140. The van der Waals surface area contributed by atoms with Crippen molar-refractivity contribution >= 4 is 11.7 Å². The number of likely N-dealkylation sites (tertiary alicyclic amines) is 1. The molecule has 0 atom stereocenters. The number of hydrogen-bond acceptors (Lipinski definition) is 2. The number of carbonyl (C=O) groups is 1. The number of aliphatic imine (C=N–C) groups is 1. The van der Waals surface area contributed by atoms with E-state index in [-0.39, 0.29) is 12.5 Å². The Morgan fingerprint density at radius 3 is 2.41 bits per heavy atom. The molecule has 4 nitrogen and oxygen atoms in total. The summed E-state index contributed by atoms with van der Waals surface area (Å²) in [6.07, 6.45) is 8.38. The molecule has 0 unspecified atom stereocenters. The first-order valence-electron chi connectivity index (χ1n) is 6.85. The van der Waals surface area contributed by atoms with Gasteiger partial charge in [0.25, 0.3) is 0 Å². The topological polar surface area (TPSA) is 58.7 Å². The Bertz CT molecular complexity index is 289. The maximum Gasteiger partial charge on any atom is 0.244 e. The average Bonchev–Trinajstić information content (AvgIpc) is 2.90. The summed E-state index contributed by atoms with van der Waals surface area (Å²) in [6.45, 7) is 2.05. The van der Waals surface area contributed by atoms with Crippen LogP contribution < -0.4 is 5.73 Å². The van der Waals surface area contributed by atoms with Crippen LogP contribution in [0.4, 0.5) is 0 Å². The molecule has 2 aliphatic rings. The zero-order valence-electron chi connectivity index (χ0n) is 10.5. The second kappa shape index (κ2) is 6.03. The summed E-state index contributed by atoms with van der Waals surface area (Å²) >= 11 is 0. The molecular weight excluding hydrogens is 214 g/mol. The fourth-order valence-electron chi connectivity index (χ4n) is 2.75. The SMILES string of the molecule is NC(=NCC(=O)N1CCCC1)C1CCCCC1. The van der Waals surface area contributed by atoms with Crippen molar-refractivity contribution in [1.82, 2.24) is 4.90 Å². The fraction of sp³-hybridized carbons (Fsp3) is 0.846. The number of nitrogens with two attached hydrogens (primary N) is 1. The van der Waals surface area contributed by atoms with Gasteiger partial charge in [0.2, 0.25) is 5.91 Å². The number of rotatable bonds is 3. The van der Waals surface area contributed by atoms with Crippen molar-refractivity contribution in [1.29, 1.82) is 0 Å². The highest BCUT2D eigenvalue weighted by atomic mass is 16.2. The van der Waals surface area contributed by atoms with Gasteiger partial charge in [0.15, 0.2) is 0 Å². The van der Waals surface area contributed by atoms with Crippen LogP contribution in [0.15, 0.2) is 4.99 Å². The van der Waals surface area contributed by atoms with E-state index in [1.807, 2.05) is 4.90 Å². The Hall–Kier alpha value is -1.06. The third-order valence-electron chi connectivity index (χ3n) is 3.88. The van der Waals surface area contributed by atoms with Crippen LogP contribution in [0.25, 0.3) is 0 Å². The maximum atomic E-state index is 11.8. The van der Waals surface area contributed by atoms with Crippen molar-refractivity contribution in [2.75, 3.05) is 19.6 Å². The highest BCUT2D eigenvalue weighted by Crippen LogP contribution is 2.23. The molecule has 2 fully saturated rings. The van der Waals surface area contributed by atoms with Crippen LogP contribution in [0.2, 0.25) is 0 Å². The molecule has 0 spiro atoms. The summed E-state index contributed by atoms with van der Waals surface area (Å²) < 4.78 is 0. The van der Waals surface area contributed by atoms with Gasteiger partial charge in [-0.05, 0) is 25.7 Å². The Balaban J connectivity index is 1.79. The van der Waals surface area contributed by atoms with Gasteiger partial charge in [0.05, 0.1) is 5.84 Å². The van der Waals surface area contributed by atoms with E-state index in [2.05, 4.69) is 4.99 Å². The lowest BCUT2D eigenvalue weighted by atomic mass is 9.88. The molecule has 2 rings (SSSR count). The van der Waals surface area contributed by atoms with E-state index in [4.69, 9.17) is 5.73 Å². The summed E-state index contributed by atoms with van der Waals surface area (Å²) in [5, 5.41) is 0. The molecule has 1 amide bonds. The standard InChI is InChI=1S/C13H23N3O/c14-13(11-6-2-1-3-7-11)15-10-12(17)16-8-4-5-9-16/h11H,1-10H2,(H2,14,15). The van der Waals surface area contributed by atoms with Crippen LogP contribution in [-0.2, 0) is 4.79 Å². The predicted molar refractivity (Wildman–Crippen MR) is 68.9 cm³/mol. The third-order valence-corrected chi connectivity index (χ3v) is 3.88. The van der Waals surface area contributed by atoms with Gasteiger partial charge in [0, 0.05) is 19.0 Å². The van der Waals surface area contributed by atoms with Crippen molar-refractivity contribution in [2.45, 2.75) is 44.9 Å². The van der Waals surface area contributed by atoms with E-state index in [0.717, 1.165) is 38.8 Å². The normalized spacial score (nSPS) is 23.1. The Morgan fingerprint density at radius 2 is 1.76 bits per heavy atom. The van der Waals surface area contributed by atoms with Crippen LogP contribution in [0.1, 0.15) is 44.9 Å². The Morgan fingerprint density at radius 1 is 1.12 bits per heavy atom. The van der Waals surface area contributed by atoms with Crippen molar-refractivity contribution in [3.8, 4) is 0 Å². The zero-order valence-corrected chi connectivity index (χ0v) is 10.5. The number of amidine groups is 1. The van der Waals surface area contributed by atoms with Crippen LogP contribution in [0, 0.1) is 5.92 Å². The molecule has 0 radical (unpaired) electrons. The number of carbonyl (C=O) groups excluding carboxylic acids is 1. The number of amides is 1. The van der Waals surface area contributed by atoms with E-state index in [1.54, 1.807) is 0 Å². The molecule has 0 bridgehead atoms. The van der Waals surface area contributed by atoms with E-state index < -0.39 is 0 Å². The first kappa shape index (κ1) is 12.4. The van der Waals surface area contributed by atoms with Gasteiger partial charge >= 0.3 is 0 Å². The maximum absolute atomic E-state index is 11.8. The summed E-state index contributed by atoms with van der Waals surface area (Å²) in [5.41, 5.74) is 5.97. The lowest BCUT2D eigenvalue weighted by Gasteiger charge is -2.21. The molecule has 1 aliphatic heterocycles. The molecule has 1 heterocycles. The van der Waals surface area contributed by atoms with Crippen LogP contribution in [-0.4, -0.2) is 36.3 Å². The van der Waals surface area contributed by atoms with Crippen molar-refractivity contribution in [2.24, 2.45) is 16.6 Å². The van der Waals surface area contributed by atoms with Crippen LogP contribution in [0.5, 0.6) is 0 Å². The monoisotopic (exact) mass is 237 g/mol. The minimum absolute atomic E-state index is 0.140. The van der Waals surface area contributed by atoms with Crippen molar-refractivity contribution in [3.63, 3.8) is 0 Å².